The number of nitrogens with one attached hydrogen (secondary N) is 1. The number of Topliss-reactive ketones (excluding diaryl/α,β-unsaturated/α-hetero) is 1. The number of carbonyl (C=O) groups excluding carboxylic acids is 1. The van der Waals surface area contributed by atoms with Gasteiger partial charge < -0.3 is 10.7 Å². The first-order valence-electron chi connectivity index (χ1n) is 6.42. The fraction of sp³-hybridized carbons (Fsp3) is 0.308. The van der Waals surface area contributed by atoms with Gasteiger partial charge in [0.05, 0.1) is 17.2 Å². The molecule has 1 aromatic heterocycles. The molecule has 0 fully saturated rings. The molecule has 0 aromatic carbocycles. The lowest BCUT2D eigenvalue weighted by Gasteiger charge is -2.12. The maximum Gasteiger partial charge on any atom is 0.395 e. The number of hydrogen-bond donors (Lipinski definition) is 2. The second-order valence-electron chi connectivity index (χ2n) is 4.42. The summed E-state index contributed by atoms with van der Waals surface area (Å²) >= 11 is 2.94. The highest BCUT2D eigenvalue weighted by Crippen LogP contribution is 2.24. The Kier molecular flexibility index (Phi) is 6.81. The molecule has 2 N–H and O–H groups in total. The fourth-order valence-corrected chi connectivity index (χ4v) is 2.86. The lowest BCUT2D eigenvalue weighted by atomic mass is 10.2. The minimum Gasteiger partial charge on any atom is -0.800 e. The average molecular weight is 428 g/mol. The van der Waals surface area contributed by atoms with Crippen molar-refractivity contribution in [3.8, 4) is 0 Å². The molecule has 0 bridgehead atoms. The summed E-state index contributed by atoms with van der Waals surface area (Å²) in [6, 6.07) is 1.16. The maximum absolute atomic E-state index is 12.2. The van der Waals surface area contributed by atoms with Crippen molar-refractivity contribution in [2.45, 2.75) is 18.0 Å². The maximum atomic E-state index is 12.2. The van der Waals surface area contributed by atoms with Gasteiger partial charge in [0.1, 0.15) is 5.75 Å². The van der Waals surface area contributed by atoms with Gasteiger partial charge in [0.25, 0.3) is 0 Å². The monoisotopic (exact) mass is 427 g/mol. The normalized spacial score (nSPS) is 14.4. The minimum absolute atomic E-state index is 0.0811. The molecule has 0 aliphatic carbocycles. The molecular formula is C13H13BrF3N3O3S. The summed E-state index contributed by atoms with van der Waals surface area (Å²) in [5, 5.41) is 11.0. The van der Waals surface area contributed by atoms with E-state index in [0.717, 1.165) is 18.5 Å². The number of anilines is 1. The Morgan fingerprint density at radius 3 is 2.67 bits per heavy atom. The van der Waals surface area contributed by atoms with Crippen LogP contribution in [0.1, 0.15) is 17.4 Å². The molecule has 1 aromatic rings. The van der Waals surface area contributed by atoms with Crippen LogP contribution in [0.25, 0.3) is 5.41 Å². The Hall–Kier alpha value is -1.59. The van der Waals surface area contributed by atoms with Gasteiger partial charge >= 0.3 is 6.18 Å². The highest BCUT2D eigenvalue weighted by atomic mass is 79.9. The third-order valence-electron chi connectivity index (χ3n) is 2.75. The number of hydrogen-bond acceptors (Lipinski definition) is 4. The molecule has 1 atom stereocenters. The van der Waals surface area contributed by atoms with E-state index in [1.807, 2.05) is 0 Å². The van der Waals surface area contributed by atoms with Crippen LogP contribution in [0.5, 0.6) is 0 Å². The Morgan fingerprint density at radius 2 is 2.17 bits per heavy atom. The van der Waals surface area contributed by atoms with Gasteiger partial charge in [0, 0.05) is 6.07 Å². The first kappa shape index (κ1) is 20.5. The van der Waals surface area contributed by atoms with E-state index in [4.69, 9.17) is 5.41 Å². The van der Waals surface area contributed by atoms with Crippen LogP contribution in [-0.2, 0) is 14.4 Å². The molecule has 0 radical (unpaired) electrons. The van der Waals surface area contributed by atoms with E-state index in [1.54, 1.807) is 0 Å². The standard InChI is InChI=1S/C13H13BrF3N3O3S/c1-2-24(22,23)10-5-8(7-20-12(10)9(21)6-14)19-4-3-11(18)13(15,16)17/h3-5,7,19H,2,6H2,1H3,(H,22,23)/b4-3-. The van der Waals surface area contributed by atoms with Gasteiger partial charge in [0.15, 0.2) is 11.5 Å². The lowest BCUT2D eigenvalue weighted by Crippen LogP contribution is -2.20. The fourth-order valence-electron chi connectivity index (χ4n) is 1.51. The average Bonchev–Trinajstić information content (AvgIpc) is 2.53. The number of ketones is 1. The molecule has 0 saturated carbocycles. The largest absolute Gasteiger partial charge is 0.800 e. The van der Waals surface area contributed by atoms with E-state index in [9.17, 15) is 26.7 Å². The Morgan fingerprint density at radius 1 is 1.54 bits per heavy atom. The third-order valence-corrected chi connectivity index (χ3v) is 5.05. The SMILES string of the molecule is CC[S+](=O)(O)c1cc(N/C=C\C(=[N-])C(F)(F)F)cnc1C(=O)CBr. The zero-order valence-corrected chi connectivity index (χ0v) is 14.7. The van der Waals surface area contributed by atoms with Crippen molar-refractivity contribution >= 4 is 43.3 Å². The zero-order chi connectivity index (χ0) is 18.5. The van der Waals surface area contributed by atoms with Crippen LogP contribution in [0.4, 0.5) is 18.9 Å². The Balaban J connectivity index is 3.14. The number of allylic oxidation sites excluding steroid dienone is 1. The summed E-state index contributed by atoms with van der Waals surface area (Å²) in [7, 11) is -3.52. The van der Waals surface area contributed by atoms with Crippen LogP contribution in [0.3, 0.4) is 0 Å². The molecule has 1 rings (SSSR count). The molecule has 0 saturated heterocycles. The van der Waals surface area contributed by atoms with Gasteiger partial charge in [-0.05, 0) is 13.1 Å². The summed E-state index contributed by atoms with van der Waals surface area (Å²) in [5.41, 5.74) is -1.92. The Bertz CT molecular complexity index is 722. The van der Waals surface area contributed by atoms with Crippen molar-refractivity contribution in [3.63, 3.8) is 0 Å². The van der Waals surface area contributed by atoms with E-state index in [1.165, 1.54) is 6.92 Å². The van der Waals surface area contributed by atoms with Gasteiger partial charge in [0.2, 0.25) is 15.1 Å². The molecule has 1 unspecified atom stereocenters. The van der Waals surface area contributed by atoms with Crippen LogP contribution in [0.15, 0.2) is 29.4 Å². The number of aromatic nitrogens is 1. The predicted octanol–water partition coefficient (Wildman–Crippen LogP) is 3.51. The topological polar surface area (TPSA) is 102 Å². The molecule has 6 nitrogen and oxygen atoms in total. The van der Waals surface area contributed by atoms with E-state index in [0.29, 0.717) is 6.08 Å². The number of rotatable bonds is 7. The first-order valence-corrected chi connectivity index (χ1v) is 9.23. The number of pyridine rings is 1. The van der Waals surface area contributed by atoms with Crippen molar-refractivity contribution in [2.75, 3.05) is 16.4 Å². The number of nitrogens with zero attached hydrogens (tertiary/aromatic N) is 2. The second-order valence-corrected chi connectivity index (χ2v) is 7.28. The number of halogens is 4. The number of carbonyl (C=O) groups is 1. The number of alkyl halides is 4. The van der Waals surface area contributed by atoms with Crippen LogP contribution < -0.4 is 5.32 Å². The molecule has 132 valence electrons. The first-order chi connectivity index (χ1) is 11.0. The summed E-state index contributed by atoms with van der Waals surface area (Å²) < 4.78 is 58.5. The predicted molar refractivity (Wildman–Crippen MR) is 89.0 cm³/mol. The van der Waals surface area contributed by atoms with Gasteiger partial charge in [-0.1, -0.05) is 31.9 Å². The summed E-state index contributed by atoms with van der Waals surface area (Å²) in [6.07, 6.45) is -2.58. The van der Waals surface area contributed by atoms with Crippen molar-refractivity contribution < 1.29 is 26.7 Å². The van der Waals surface area contributed by atoms with Crippen LogP contribution in [-0.4, -0.2) is 38.3 Å². The highest BCUT2D eigenvalue weighted by molar-refractivity contribution is 9.09. The minimum atomic E-state index is -4.88. The van der Waals surface area contributed by atoms with Gasteiger partial charge in [-0.15, -0.1) is 0 Å². The molecular weight excluding hydrogens is 415 g/mol. The van der Waals surface area contributed by atoms with Crippen LogP contribution >= 0.6 is 15.9 Å². The second kappa shape index (κ2) is 7.99. The summed E-state index contributed by atoms with van der Waals surface area (Å²) in [4.78, 5) is 15.4. The van der Waals surface area contributed by atoms with Crippen LogP contribution in [0, 0.1) is 0 Å². The van der Waals surface area contributed by atoms with E-state index in [2.05, 4.69) is 26.2 Å². The smallest absolute Gasteiger partial charge is 0.395 e. The van der Waals surface area contributed by atoms with Crippen molar-refractivity contribution in [1.29, 1.82) is 0 Å². The van der Waals surface area contributed by atoms with Gasteiger partial charge in [-0.25, -0.2) is 4.98 Å². The quantitative estimate of drug-likeness (QED) is 0.300. The van der Waals surface area contributed by atoms with E-state index >= 15 is 0 Å². The van der Waals surface area contributed by atoms with E-state index < -0.39 is 27.9 Å². The molecule has 1 heterocycles. The third kappa shape index (κ3) is 5.21. The Labute approximate surface area is 145 Å². The molecule has 0 spiro atoms. The zero-order valence-electron chi connectivity index (χ0n) is 12.3. The molecule has 11 heteroatoms. The van der Waals surface area contributed by atoms with Crippen molar-refractivity contribution in [1.82, 2.24) is 4.98 Å². The summed E-state index contributed by atoms with van der Waals surface area (Å²) in [6.45, 7) is 1.45. The summed E-state index contributed by atoms with van der Waals surface area (Å²) in [5.74, 6) is -0.676. The lowest BCUT2D eigenvalue weighted by molar-refractivity contribution is -0.0564. The molecule has 24 heavy (non-hydrogen) atoms. The molecule has 0 aliphatic heterocycles. The van der Waals surface area contributed by atoms with Gasteiger partial charge in [-0.2, -0.15) is 17.7 Å². The van der Waals surface area contributed by atoms with E-state index in [-0.39, 0.29) is 27.4 Å². The molecule has 0 aliphatic rings. The van der Waals surface area contributed by atoms with Gasteiger partial charge in [-0.3, -0.25) is 4.79 Å². The van der Waals surface area contributed by atoms with Crippen molar-refractivity contribution in [2.24, 2.45) is 0 Å². The van der Waals surface area contributed by atoms with Crippen LogP contribution in [0.2, 0.25) is 0 Å². The molecule has 0 amide bonds. The highest BCUT2D eigenvalue weighted by Gasteiger charge is 2.33. The van der Waals surface area contributed by atoms with Crippen molar-refractivity contribution in [3.05, 3.63) is 35.6 Å².